The number of imidazole rings is 2. The van der Waals surface area contributed by atoms with Gasteiger partial charge in [0.1, 0.15) is 29.5 Å². The van der Waals surface area contributed by atoms with Gasteiger partial charge in [0.05, 0.1) is 48.4 Å². The summed E-state index contributed by atoms with van der Waals surface area (Å²) in [6, 6.07) is 10.2. The molecule has 4 heterocycles. The van der Waals surface area contributed by atoms with Crippen LogP contribution in [0.15, 0.2) is 60.7 Å². The Labute approximate surface area is 392 Å². The lowest BCUT2D eigenvalue weighted by Crippen LogP contribution is -2.51. The molecule has 4 amide bonds. The fraction of sp³-hybridized carbons (Fsp3) is 0.519. The lowest BCUT2D eigenvalue weighted by Gasteiger charge is -2.39. The maximum atomic E-state index is 14.8. The van der Waals surface area contributed by atoms with Crippen LogP contribution in [-0.4, -0.2) is 98.9 Å². The predicted octanol–water partition coefficient (Wildman–Crippen LogP) is 9.11. The van der Waals surface area contributed by atoms with Crippen LogP contribution < -0.4 is 10.6 Å². The van der Waals surface area contributed by atoms with Crippen molar-refractivity contribution >= 4 is 63.0 Å². The van der Waals surface area contributed by atoms with Crippen LogP contribution in [0, 0.1) is 23.2 Å². The number of alkyl carbamates (subject to hydrolysis) is 2. The molecule has 4 aliphatic rings. The number of carbonyl (C=O) groups excluding carboxylic acids is 5. The SMILES string of the molecule is C=C1CC2(CCC(C)CC2)C(=O)C/C(c2ccc3nc([C@@H]4CCCN4C(=O)[C@@H](NC(=O)OC)C(C)C)[nH]c3c2)=C\C=C1c1ccc2nc([C@@H]3CCCN3C(=O)[C@@H](NC(=O)OC)C(C)C)[nH]c2c1. The minimum Gasteiger partial charge on any atom is -0.453 e. The number of rotatable bonds is 10. The van der Waals surface area contributed by atoms with E-state index in [1.54, 1.807) is 0 Å². The average molecular weight is 915 g/mol. The molecule has 2 aromatic heterocycles. The van der Waals surface area contributed by atoms with Crippen molar-refractivity contribution in [1.29, 1.82) is 0 Å². The molecule has 15 nitrogen and oxygen atoms in total. The van der Waals surface area contributed by atoms with Crippen molar-refractivity contribution < 1.29 is 33.4 Å². The number of hydrogen-bond donors (Lipinski definition) is 4. The number of carbonyl (C=O) groups is 5. The summed E-state index contributed by atoms with van der Waals surface area (Å²) in [5.74, 6) is 1.56. The normalized spacial score (nSPS) is 24.3. The number of H-pyrrole nitrogens is 2. The summed E-state index contributed by atoms with van der Waals surface area (Å²) in [5.41, 5.74) is 7.27. The molecule has 1 spiro atoms. The number of hydrogen-bond acceptors (Lipinski definition) is 9. The first-order valence-electron chi connectivity index (χ1n) is 24.0. The van der Waals surface area contributed by atoms with Gasteiger partial charge in [0.2, 0.25) is 11.8 Å². The largest absolute Gasteiger partial charge is 0.453 e. The van der Waals surface area contributed by atoms with E-state index in [0.29, 0.717) is 37.1 Å². The lowest BCUT2D eigenvalue weighted by atomic mass is 9.64. The van der Waals surface area contributed by atoms with Gasteiger partial charge < -0.3 is 39.9 Å². The highest BCUT2D eigenvalue weighted by atomic mass is 16.5. The Morgan fingerprint density at radius 1 is 0.746 bits per heavy atom. The molecular formula is C52H66N8O7. The molecule has 0 bridgehead atoms. The van der Waals surface area contributed by atoms with Gasteiger partial charge in [0, 0.05) is 24.9 Å². The molecule has 8 rings (SSSR count). The van der Waals surface area contributed by atoms with Gasteiger partial charge in [0.25, 0.3) is 0 Å². The third-order valence-electron chi connectivity index (χ3n) is 14.7. The van der Waals surface area contributed by atoms with Crippen LogP contribution in [0.1, 0.15) is 134 Å². The first-order valence-corrected chi connectivity index (χ1v) is 24.0. The maximum absolute atomic E-state index is 14.8. The first-order chi connectivity index (χ1) is 32.1. The number of Topliss-reactive ketones (excluding diaryl/α,β-unsaturated/α-hetero) is 1. The van der Waals surface area contributed by atoms with Crippen molar-refractivity contribution in [2.24, 2.45) is 23.2 Å². The van der Waals surface area contributed by atoms with Crippen LogP contribution in [0.5, 0.6) is 0 Å². The van der Waals surface area contributed by atoms with E-state index < -0.39 is 29.7 Å². The van der Waals surface area contributed by atoms with Crippen molar-refractivity contribution in [2.75, 3.05) is 27.3 Å². The molecule has 2 aliphatic carbocycles. The number of aromatic amines is 2. The molecule has 2 aliphatic heterocycles. The Morgan fingerprint density at radius 2 is 1.24 bits per heavy atom. The number of likely N-dealkylation sites (tertiary alicyclic amines) is 2. The average Bonchev–Trinajstić information content (AvgIpc) is 4.15. The molecule has 2 aromatic carbocycles. The molecule has 0 unspecified atom stereocenters. The molecular weight excluding hydrogens is 849 g/mol. The number of ketones is 1. The van der Waals surface area contributed by atoms with E-state index in [-0.39, 0.29) is 47.9 Å². The highest BCUT2D eigenvalue weighted by molar-refractivity contribution is 5.98. The number of methoxy groups -OCH3 is 2. The summed E-state index contributed by atoms with van der Waals surface area (Å²) >= 11 is 0. The number of aromatic nitrogens is 4. The monoisotopic (exact) mass is 915 g/mol. The van der Waals surface area contributed by atoms with E-state index in [9.17, 15) is 24.0 Å². The van der Waals surface area contributed by atoms with Crippen LogP contribution >= 0.6 is 0 Å². The van der Waals surface area contributed by atoms with Crippen molar-refractivity contribution in [1.82, 2.24) is 40.4 Å². The summed E-state index contributed by atoms with van der Waals surface area (Å²) in [6.07, 6.45) is 10.4. The van der Waals surface area contributed by atoms with Gasteiger partial charge in [-0.15, -0.1) is 0 Å². The molecule has 15 heteroatoms. The van der Waals surface area contributed by atoms with Crippen LogP contribution in [-0.2, 0) is 23.9 Å². The fourth-order valence-corrected chi connectivity index (χ4v) is 10.7. The predicted molar refractivity (Wildman–Crippen MR) is 257 cm³/mol. The molecule has 356 valence electrons. The third-order valence-corrected chi connectivity index (χ3v) is 14.7. The summed E-state index contributed by atoms with van der Waals surface area (Å²) in [6.45, 7) is 15.6. The highest BCUT2D eigenvalue weighted by Gasteiger charge is 2.43. The van der Waals surface area contributed by atoms with E-state index in [1.165, 1.54) is 14.2 Å². The summed E-state index contributed by atoms with van der Waals surface area (Å²) in [7, 11) is 2.58. The van der Waals surface area contributed by atoms with Crippen LogP contribution in [0.25, 0.3) is 33.2 Å². The van der Waals surface area contributed by atoms with Gasteiger partial charge in [-0.1, -0.05) is 65.5 Å². The van der Waals surface area contributed by atoms with Crippen molar-refractivity contribution in [3.63, 3.8) is 0 Å². The Morgan fingerprint density at radius 3 is 1.73 bits per heavy atom. The van der Waals surface area contributed by atoms with Gasteiger partial charge in [-0.05, 0) is 128 Å². The Kier molecular flexibility index (Phi) is 13.8. The summed E-state index contributed by atoms with van der Waals surface area (Å²) in [5, 5.41) is 5.45. The Balaban J connectivity index is 1.11. The number of nitrogens with zero attached hydrogens (tertiary/aromatic N) is 4. The molecule has 4 aromatic rings. The second-order valence-corrected chi connectivity index (χ2v) is 19.9. The Hall–Kier alpha value is -6.25. The van der Waals surface area contributed by atoms with E-state index in [2.05, 4.69) is 64.5 Å². The molecule has 4 N–H and O–H groups in total. The van der Waals surface area contributed by atoms with Gasteiger partial charge >= 0.3 is 12.2 Å². The minimum atomic E-state index is -0.734. The van der Waals surface area contributed by atoms with Crippen molar-refractivity contribution in [3.05, 3.63) is 83.5 Å². The van der Waals surface area contributed by atoms with Crippen molar-refractivity contribution in [3.8, 4) is 0 Å². The zero-order chi connectivity index (χ0) is 47.7. The molecule has 3 fully saturated rings. The Bertz CT molecular complexity index is 2630. The molecule has 1 saturated carbocycles. The third kappa shape index (κ3) is 9.64. The fourth-order valence-electron chi connectivity index (χ4n) is 10.7. The van der Waals surface area contributed by atoms with Crippen LogP contribution in [0.3, 0.4) is 0 Å². The molecule has 0 radical (unpaired) electrons. The van der Waals surface area contributed by atoms with Crippen LogP contribution in [0.2, 0.25) is 0 Å². The summed E-state index contributed by atoms with van der Waals surface area (Å²) in [4.78, 5) is 87.5. The molecule has 2 saturated heterocycles. The number of amides is 4. The van der Waals surface area contributed by atoms with E-state index in [0.717, 1.165) is 101 Å². The van der Waals surface area contributed by atoms with Gasteiger partial charge in [-0.25, -0.2) is 19.6 Å². The number of ether oxygens (including phenoxy) is 2. The molecule has 4 atom stereocenters. The van der Waals surface area contributed by atoms with Gasteiger partial charge in [-0.2, -0.15) is 0 Å². The standard InChI is InChI=1S/C52H66N8O7/c1-29(2)44(57-50(64)66-7)48(62)59-23-9-11-41(59)46-53-37-17-14-33(25-39(37)55-46)34-13-16-36(32(6)28-52(43(61)27-34)21-19-31(5)20-22-52)35-15-18-38-40(26-35)56-47(54-38)42-12-10-24-60(42)49(63)45(30(3)4)58-51(65)67-8/h13-18,25-26,29-31,41-42,44-45H,6,9-12,19-24,27-28H2,1-5,7-8H3,(H,53,55)(H,54,56)(H,57,64)(H,58,65)/b34-13+,36-16?/t31?,41-,42-,44-,45-,52?/m0/s1. The summed E-state index contributed by atoms with van der Waals surface area (Å²) < 4.78 is 9.64. The quantitative estimate of drug-likeness (QED) is 0.120. The smallest absolute Gasteiger partial charge is 0.407 e. The maximum Gasteiger partial charge on any atom is 0.407 e. The van der Waals surface area contributed by atoms with E-state index in [4.69, 9.17) is 19.4 Å². The first kappa shape index (κ1) is 47.3. The number of nitrogens with one attached hydrogen (secondary N) is 4. The van der Waals surface area contributed by atoms with Crippen LogP contribution in [0.4, 0.5) is 9.59 Å². The number of benzene rings is 2. The zero-order valence-electron chi connectivity index (χ0n) is 40.0. The van der Waals surface area contributed by atoms with Gasteiger partial charge in [-0.3, -0.25) is 14.4 Å². The lowest BCUT2D eigenvalue weighted by molar-refractivity contribution is -0.136. The second kappa shape index (κ2) is 19.5. The van der Waals surface area contributed by atoms with Crippen molar-refractivity contribution in [2.45, 2.75) is 123 Å². The van der Waals surface area contributed by atoms with Gasteiger partial charge in [0.15, 0.2) is 0 Å². The number of allylic oxidation sites excluding steroid dienone is 5. The number of fused-ring (bicyclic) bond motifs is 2. The van der Waals surface area contributed by atoms with E-state index >= 15 is 0 Å². The molecule has 67 heavy (non-hydrogen) atoms. The second-order valence-electron chi connectivity index (χ2n) is 19.9. The van der Waals surface area contributed by atoms with E-state index in [1.807, 2.05) is 55.7 Å². The zero-order valence-corrected chi connectivity index (χ0v) is 40.0. The highest BCUT2D eigenvalue weighted by Crippen LogP contribution is 2.48. The minimum absolute atomic E-state index is 0.142. The topological polar surface area (TPSA) is 192 Å².